The molecule has 0 saturated heterocycles. The minimum absolute atomic E-state index is 0.0508. The van der Waals surface area contributed by atoms with Crippen molar-refractivity contribution in [2.45, 2.75) is 6.54 Å². The molecule has 2 aromatic heterocycles. The summed E-state index contributed by atoms with van der Waals surface area (Å²) in [7, 11) is -9.41. The fraction of sp³-hybridized carbons (Fsp3) is 0.615. The molecule has 0 saturated carbocycles. The maximum Gasteiger partial charge on any atom is 0.280 e. The highest BCUT2D eigenvalue weighted by atomic mass is 31.2. The normalized spacial score (nSPS) is 12.9. The molecule has 2 aromatic rings. The standard InChI is InChI=1S/C13H23N5O9P2/c14-13-16-11-10(12(19)17-13)15-8-18(11)5-9(6-26-1-3-28(20,21)22)7-27-2-4-29(23,24)25/h8-9H,1-7H2,(H2,20,21,22)(H2,23,24,25)(H3,14,16,17,19)/p-4. The number of hydrogen-bond donors (Lipinski definition) is 2. The van der Waals surface area contributed by atoms with Crippen molar-refractivity contribution >= 4 is 32.3 Å². The Bertz CT molecular complexity index is 935. The summed E-state index contributed by atoms with van der Waals surface area (Å²) in [5.74, 6) is -0.582. The Labute approximate surface area is 164 Å². The van der Waals surface area contributed by atoms with E-state index in [4.69, 9.17) is 15.2 Å². The molecule has 0 bridgehead atoms. The van der Waals surface area contributed by atoms with Crippen molar-refractivity contribution in [2.75, 3.05) is 44.5 Å². The van der Waals surface area contributed by atoms with E-state index >= 15 is 0 Å². The van der Waals surface area contributed by atoms with Crippen LogP contribution < -0.4 is 30.9 Å². The van der Waals surface area contributed by atoms with Crippen LogP contribution in [0.1, 0.15) is 0 Å². The van der Waals surface area contributed by atoms with Gasteiger partial charge in [-0.05, 0) is 12.3 Å². The molecule has 0 unspecified atom stereocenters. The van der Waals surface area contributed by atoms with E-state index in [9.17, 15) is 33.5 Å². The van der Waals surface area contributed by atoms with Crippen LogP contribution in [0, 0.1) is 5.92 Å². The Hall–Kier alpha value is -1.63. The van der Waals surface area contributed by atoms with Crippen molar-refractivity contribution in [3.05, 3.63) is 16.7 Å². The molecule has 16 heteroatoms. The lowest BCUT2D eigenvalue weighted by atomic mass is 10.2. The fourth-order valence-electron chi connectivity index (χ4n) is 2.39. The number of ether oxygens (including phenoxy) is 2. The maximum absolute atomic E-state index is 11.8. The molecule has 0 aliphatic carbocycles. The van der Waals surface area contributed by atoms with E-state index in [1.165, 1.54) is 10.9 Å². The average Bonchev–Trinajstić information content (AvgIpc) is 2.96. The zero-order valence-corrected chi connectivity index (χ0v) is 16.9. The molecule has 0 aromatic carbocycles. The summed E-state index contributed by atoms with van der Waals surface area (Å²) in [5.41, 5.74) is 5.25. The number of fused-ring (bicyclic) bond motifs is 1. The van der Waals surface area contributed by atoms with Crippen molar-refractivity contribution in [2.24, 2.45) is 5.92 Å². The molecule has 0 radical (unpaired) electrons. The van der Waals surface area contributed by atoms with Crippen molar-refractivity contribution in [3.63, 3.8) is 0 Å². The van der Waals surface area contributed by atoms with Crippen LogP contribution in [0.25, 0.3) is 11.2 Å². The van der Waals surface area contributed by atoms with Crippen LogP contribution in [0.2, 0.25) is 0 Å². The highest BCUT2D eigenvalue weighted by Crippen LogP contribution is 2.22. The molecule has 2 rings (SSSR count). The topological polar surface area (TPSA) is 234 Å². The van der Waals surface area contributed by atoms with E-state index in [1.54, 1.807) is 0 Å². The number of nitrogen functional groups attached to an aromatic ring is 1. The molecule has 0 atom stereocenters. The number of hydrogen-bond acceptors (Lipinski definition) is 12. The quantitative estimate of drug-likeness (QED) is 0.233. The Morgan fingerprint density at radius 3 is 2.17 bits per heavy atom. The number of nitrogens with two attached hydrogens (primary N) is 1. The van der Waals surface area contributed by atoms with E-state index in [2.05, 4.69) is 15.0 Å². The van der Waals surface area contributed by atoms with Gasteiger partial charge in [0.2, 0.25) is 5.95 Å². The summed E-state index contributed by atoms with van der Waals surface area (Å²) < 4.78 is 33.2. The van der Waals surface area contributed by atoms with Gasteiger partial charge in [0.25, 0.3) is 5.56 Å². The molecule has 14 nitrogen and oxygen atoms in total. The number of H-pyrrole nitrogens is 1. The van der Waals surface area contributed by atoms with E-state index in [0.717, 1.165) is 0 Å². The van der Waals surface area contributed by atoms with Crippen LogP contribution in [-0.4, -0.2) is 58.3 Å². The summed E-state index contributed by atoms with van der Waals surface area (Å²) in [6, 6.07) is 0. The highest BCUT2D eigenvalue weighted by molar-refractivity contribution is 7.49. The van der Waals surface area contributed by atoms with Crippen molar-refractivity contribution < 1.29 is 38.2 Å². The van der Waals surface area contributed by atoms with Gasteiger partial charge in [0.1, 0.15) is 0 Å². The van der Waals surface area contributed by atoms with E-state index in [1.807, 2.05) is 0 Å². The number of anilines is 1. The first-order valence-electron chi connectivity index (χ1n) is 8.33. The third-order valence-corrected chi connectivity index (χ3v) is 5.13. The Balaban J connectivity index is 2.04. The van der Waals surface area contributed by atoms with E-state index < -0.39 is 39.0 Å². The lowest BCUT2D eigenvalue weighted by molar-refractivity contribution is -0.315. The summed E-state index contributed by atoms with van der Waals surface area (Å²) in [6.45, 7) is -0.611. The second-order valence-corrected chi connectivity index (χ2v) is 9.54. The molecule has 2 heterocycles. The molecule has 3 N–H and O–H groups in total. The summed E-state index contributed by atoms with van der Waals surface area (Å²) in [4.78, 5) is 64.8. The Morgan fingerprint density at radius 2 is 1.66 bits per heavy atom. The van der Waals surface area contributed by atoms with Crippen molar-refractivity contribution in [3.8, 4) is 0 Å². The first-order chi connectivity index (χ1) is 13.4. The number of nitrogens with one attached hydrogen (secondary N) is 1. The van der Waals surface area contributed by atoms with Gasteiger partial charge in [0.05, 0.1) is 32.8 Å². The number of nitrogens with zero attached hydrogens (tertiary/aromatic N) is 3. The largest absolute Gasteiger partial charge is 0.811 e. The first kappa shape index (κ1) is 23.6. The second kappa shape index (κ2) is 9.92. The third kappa shape index (κ3) is 8.33. The van der Waals surface area contributed by atoms with Crippen LogP contribution in [0.4, 0.5) is 5.95 Å². The first-order valence-corrected chi connectivity index (χ1v) is 11.8. The van der Waals surface area contributed by atoms with Crippen LogP contribution in [-0.2, 0) is 25.1 Å². The summed E-state index contributed by atoms with van der Waals surface area (Å²) in [5, 5.41) is 0. The Kier molecular flexibility index (Phi) is 8.09. The molecular weight excluding hydrogens is 432 g/mol. The zero-order valence-electron chi connectivity index (χ0n) is 15.1. The van der Waals surface area contributed by atoms with Crippen molar-refractivity contribution in [1.82, 2.24) is 19.5 Å². The van der Waals surface area contributed by atoms with Crippen LogP contribution in [0.3, 0.4) is 0 Å². The molecular formula is C13H19N5O9P2-4. The molecule has 0 fully saturated rings. The van der Waals surface area contributed by atoms with Gasteiger partial charge in [-0.15, -0.1) is 0 Å². The maximum atomic E-state index is 11.8. The van der Waals surface area contributed by atoms with Gasteiger partial charge in [0, 0.05) is 12.5 Å². The van der Waals surface area contributed by atoms with Crippen molar-refractivity contribution in [1.29, 1.82) is 0 Å². The number of aromatic nitrogens is 4. The molecule has 0 spiro atoms. The summed E-state index contributed by atoms with van der Waals surface area (Å²) in [6.07, 6.45) is -0.0263. The van der Waals surface area contributed by atoms with Gasteiger partial charge in [-0.3, -0.25) is 9.78 Å². The van der Waals surface area contributed by atoms with Crippen LogP contribution in [0.15, 0.2) is 11.1 Å². The SMILES string of the molecule is Nc1nc2c(ncn2CC(COCCP(=O)([O-])[O-])COCCP(=O)([O-])[O-])c(=O)[nH]1. The molecule has 0 aliphatic heterocycles. The van der Waals surface area contributed by atoms with Crippen LogP contribution in [0.5, 0.6) is 0 Å². The van der Waals surface area contributed by atoms with E-state index in [-0.39, 0.29) is 50.1 Å². The zero-order chi connectivity index (χ0) is 21.7. The fourth-order valence-corrected chi connectivity index (χ4v) is 3.09. The predicted molar refractivity (Wildman–Crippen MR) is 92.6 cm³/mol. The third-order valence-electron chi connectivity index (χ3n) is 3.67. The predicted octanol–water partition coefficient (Wildman–Crippen LogP) is -3.82. The molecule has 29 heavy (non-hydrogen) atoms. The number of aromatic amines is 1. The monoisotopic (exact) mass is 451 g/mol. The van der Waals surface area contributed by atoms with Gasteiger partial charge >= 0.3 is 0 Å². The highest BCUT2D eigenvalue weighted by Gasteiger charge is 2.15. The van der Waals surface area contributed by atoms with Gasteiger partial charge in [-0.1, -0.05) is 15.2 Å². The van der Waals surface area contributed by atoms with Gasteiger partial charge in [0.15, 0.2) is 11.2 Å². The lowest BCUT2D eigenvalue weighted by Crippen LogP contribution is -2.26. The lowest BCUT2D eigenvalue weighted by Gasteiger charge is -2.30. The van der Waals surface area contributed by atoms with Crippen LogP contribution >= 0.6 is 15.2 Å². The average molecular weight is 451 g/mol. The minimum Gasteiger partial charge on any atom is -0.811 e. The summed E-state index contributed by atoms with van der Waals surface area (Å²) >= 11 is 0. The molecule has 0 amide bonds. The Morgan fingerprint density at radius 1 is 1.10 bits per heavy atom. The number of imidazole rings is 1. The van der Waals surface area contributed by atoms with E-state index in [0.29, 0.717) is 0 Å². The van der Waals surface area contributed by atoms with Gasteiger partial charge in [-0.2, -0.15) is 4.98 Å². The smallest absolute Gasteiger partial charge is 0.280 e. The second-order valence-electron chi connectivity index (χ2n) is 6.21. The molecule has 0 aliphatic rings. The van der Waals surface area contributed by atoms with Gasteiger partial charge < -0.3 is 48.5 Å². The minimum atomic E-state index is -4.70. The molecule has 164 valence electrons. The number of rotatable bonds is 12. The van der Waals surface area contributed by atoms with Gasteiger partial charge in [-0.25, -0.2) is 4.98 Å².